The maximum Gasteiger partial charge on any atom is 0.242 e. The van der Waals surface area contributed by atoms with Gasteiger partial charge in [-0.15, -0.1) is 0 Å². The van der Waals surface area contributed by atoms with Gasteiger partial charge in [-0.3, -0.25) is 4.79 Å². The lowest BCUT2D eigenvalue weighted by atomic mass is 9.88. The van der Waals surface area contributed by atoms with E-state index >= 15 is 0 Å². The van der Waals surface area contributed by atoms with E-state index in [0.29, 0.717) is 24.5 Å². The average Bonchev–Trinajstić information content (AvgIpc) is 2.63. The van der Waals surface area contributed by atoms with E-state index < -0.39 is 0 Å². The van der Waals surface area contributed by atoms with Gasteiger partial charge in [0.1, 0.15) is 0 Å². The zero-order chi connectivity index (χ0) is 18.5. The van der Waals surface area contributed by atoms with Crippen molar-refractivity contribution in [3.05, 3.63) is 28.8 Å². The van der Waals surface area contributed by atoms with E-state index in [1.807, 2.05) is 0 Å². The van der Waals surface area contributed by atoms with Crippen LogP contribution in [-0.4, -0.2) is 29.4 Å². The third-order valence-electron chi connectivity index (χ3n) is 6.32. The molecule has 144 valence electrons. The zero-order valence-corrected chi connectivity index (χ0v) is 16.9. The SMILES string of the molecule is Cc1cc(C)c(NCC(=O)N(C2CCCCC2)C2CCCCC2)c(C)c1. The van der Waals surface area contributed by atoms with Crippen molar-refractivity contribution in [1.29, 1.82) is 0 Å². The Bertz CT molecular complexity index is 572. The van der Waals surface area contributed by atoms with Crippen LogP contribution >= 0.6 is 0 Å². The maximum atomic E-state index is 13.3. The average molecular weight is 357 g/mol. The lowest BCUT2D eigenvalue weighted by molar-refractivity contribution is -0.136. The predicted octanol–water partition coefficient (Wildman–Crippen LogP) is 5.52. The molecular weight excluding hydrogens is 320 g/mol. The van der Waals surface area contributed by atoms with Crippen molar-refractivity contribution in [1.82, 2.24) is 4.90 Å². The van der Waals surface area contributed by atoms with E-state index in [2.05, 4.69) is 43.1 Å². The molecule has 3 nitrogen and oxygen atoms in total. The molecule has 2 saturated carbocycles. The molecular formula is C23H36N2O. The second kappa shape index (κ2) is 8.92. The summed E-state index contributed by atoms with van der Waals surface area (Å²) in [5.74, 6) is 0.308. The number of anilines is 1. The molecule has 0 heterocycles. The second-order valence-electron chi connectivity index (χ2n) is 8.51. The fourth-order valence-corrected chi connectivity index (χ4v) is 5.14. The van der Waals surface area contributed by atoms with E-state index in [4.69, 9.17) is 0 Å². The maximum absolute atomic E-state index is 13.3. The Morgan fingerprint density at radius 2 is 1.35 bits per heavy atom. The number of nitrogens with one attached hydrogen (secondary N) is 1. The fraction of sp³-hybridized carbons (Fsp3) is 0.696. The number of hydrogen-bond donors (Lipinski definition) is 1. The summed E-state index contributed by atoms with van der Waals surface area (Å²) in [6.07, 6.45) is 12.6. The van der Waals surface area contributed by atoms with E-state index in [1.165, 1.54) is 80.9 Å². The molecule has 1 amide bonds. The number of benzene rings is 1. The van der Waals surface area contributed by atoms with Crippen LogP contribution in [0.2, 0.25) is 0 Å². The normalized spacial score (nSPS) is 19.3. The quantitative estimate of drug-likeness (QED) is 0.753. The molecule has 3 rings (SSSR count). The Morgan fingerprint density at radius 3 is 1.81 bits per heavy atom. The highest BCUT2D eigenvalue weighted by Gasteiger charge is 2.32. The van der Waals surface area contributed by atoms with Crippen molar-refractivity contribution in [3.63, 3.8) is 0 Å². The molecule has 0 atom stereocenters. The highest BCUT2D eigenvalue weighted by atomic mass is 16.2. The Kier molecular flexibility index (Phi) is 6.61. The molecule has 0 radical (unpaired) electrons. The minimum Gasteiger partial charge on any atom is -0.376 e. The van der Waals surface area contributed by atoms with Gasteiger partial charge in [-0.25, -0.2) is 0 Å². The molecule has 2 aliphatic carbocycles. The number of carbonyl (C=O) groups excluding carboxylic acids is 1. The number of nitrogens with zero attached hydrogens (tertiary/aromatic N) is 1. The first kappa shape index (κ1) is 19.3. The van der Waals surface area contributed by atoms with E-state index in [-0.39, 0.29) is 0 Å². The Hall–Kier alpha value is -1.51. The van der Waals surface area contributed by atoms with Crippen LogP contribution < -0.4 is 5.32 Å². The van der Waals surface area contributed by atoms with Gasteiger partial charge in [-0.05, 0) is 57.6 Å². The standard InChI is InChI=1S/C23H36N2O/c1-17-14-18(2)23(19(3)15-17)24-16-22(26)25(20-10-6-4-7-11-20)21-12-8-5-9-13-21/h14-15,20-21,24H,4-13,16H2,1-3H3. The molecule has 1 aromatic carbocycles. The highest BCUT2D eigenvalue weighted by molar-refractivity contribution is 5.82. The van der Waals surface area contributed by atoms with Crippen LogP contribution in [0.1, 0.15) is 80.9 Å². The smallest absolute Gasteiger partial charge is 0.242 e. The van der Waals surface area contributed by atoms with Gasteiger partial charge in [0.2, 0.25) is 5.91 Å². The molecule has 2 aliphatic rings. The molecule has 0 bridgehead atoms. The van der Waals surface area contributed by atoms with Crippen LogP contribution in [-0.2, 0) is 4.79 Å². The van der Waals surface area contributed by atoms with Crippen LogP contribution in [0.25, 0.3) is 0 Å². The van der Waals surface area contributed by atoms with Crippen molar-refractivity contribution in [2.75, 3.05) is 11.9 Å². The monoisotopic (exact) mass is 356 g/mol. The summed E-state index contributed by atoms with van der Waals surface area (Å²) >= 11 is 0. The lowest BCUT2D eigenvalue weighted by Crippen LogP contribution is -2.50. The first-order valence-corrected chi connectivity index (χ1v) is 10.7. The summed E-state index contributed by atoms with van der Waals surface area (Å²) in [4.78, 5) is 15.6. The van der Waals surface area contributed by atoms with E-state index in [9.17, 15) is 4.79 Å². The first-order valence-electron chi connectivity index (χ1n) is 10.7. The lowest BCUT2D eigenvalue weighted by Gasteiger charge is -2.42. The minimum atomic E-state index is 0.308. The summed E-state index contributed by atoms with van der Waals surface area (Å²) in [5.41, 5.74) is 4.88. The van der Waals surface area contributed by atoms with Gasteiger partial charge in [-0.2, -0.15) is 0 Å². The molecule has 1 aromatic rings. The van der Waals surface area contributed by atoms with Crippen molar-refractivity contribution in [3.8, 4) is 0 Å². The Morgan fingerprint density at radius 1 is 0.885 bits per heavy atom. The van der Waals surface area contributed by atoms with Gasteiger partial charge >= 0.3 is 0 Å². The van der Waals surface area contributed by atoms with Gasteiger partial charge in [-0.1, -0.05) is 56.2 Å². The minimum absolute atomic E-state index is 0.308. The van der Waals surface area contributed by atoms with Crippen molar-refractivity contribution >= 4 is 11.6 Å². The predicted molar refractivity (Wildman–Crippen MR) is 110 cm³/mol. The van der Waals surface area contributed by atoms with Crippen molar-refractivity contribution in [2.45, 2.75) is 97.1 Å². The summed E-state index contributed by atoms with van der Waals surface area (Å²) in [5, 5.41) is 3.48. The van der Waals surface area contributed by atoms with Crippen LogP contribution in [0.15, 0.2) is 12.1 Å². The number of aryl methyl sites for hydroxylation is 3. The number of carbonyl (C=O) groups is 1. The van der Waals surface area contributed by atoms with Gasteiger partial charge < -0.3 is 10.2 Å². The summed E-state index contributed by atoms with van der Waals surface area (Å²) in [7, 11) is 0. The van der Waals surface area contributed by atoms with Gasteiger partial charge in [0.05, 0.1) is 6.54 Å². The van der Waals surface area contributed by atoms with Gasteiger partial charge in [0.25, 0.3) is 0 Å². The number of hydrogen-bond acceptors (Lipinski definition) is 2. The number of rotatable bonds is 5. The zero-order valence-electron chi connectivity index (χ0n) is 16.9. The van der Waals surface area contributed by atoms with Gasteiger partial charge in [0.15, 0.2) is 0 Å². The molecule has 3 heteroatoms. The molecule has 26 heavy (non-hydrogen) atoms. The van der Waals surface area contributed by atoms with Crippen molar-refractivity contribution in [2.24, 2.45) is 0 Å². The van der Waals surface area contributed by atoms with Crippen molar-refractivity contribution < 1.29 is 4.79 Å². The van der Waals surface area contributed by atoms with Crippen LogP contribution in [0.4, 0.5) is 5.69 Å². The molecule has 0 unspecified atom stereocenters. The second-order valence-corrected chi connectivity index (χ2v) is 8.51. The molecule has 0 aliphatic heterocycles. The summed E-state index contributed by atoms with van der Waals surface area (Å²) < 4.78 is 0. The van der Waals surface area contributed by atoms with Crippen LogP contribution in [0.5, 0.6) is 0 Å². The highest BCUT2D eigenvalue weighted by Crippen LogP contribution is 2.30. The van der Waals surface area contributed by atoms with Crippen LogP contribution in [0, 0.1) is 20.8 Å². The number of amides is 1. The van der Waals surface area contributed by atoms with E-state index in [0.717, 1.165) is 5.69 Å². The summed E-state index contributed by atoms with van der Waals surface area (Å²) in [6.45, 7) is 6.82. The Balaban J connectivity index is 1.70. The molecule has 1 N–H and O–H groups in total. The van der Waals surface area contributed by atoms with E-state index in [1.54, 1.807) is 0 Å². The molecule has 0 spiro atoms. The third kappa shape index (κ3) is 4.61. The molecule has 2 fully saturated rings. The Labute approximate surface area is 159 Å². The topological polar surface area (TPSA) is 32.3 Å². The van der Waals surface area contributed by atoms with Crippen LogP contribution in [0.3, 0.4) is 0 Å². The first-order chi connectivity index (χ1) is 12.6. The largest absolute Gasteiger partial charge is 0.376 e. The fourth-order valence-electron chi connectivity index (χ4n) is 5.14. The molecule has 0 aromatic heterocycles. The summed E-state index contributed by atoms with van der Waals surface area (Å²) in [6, 6.07) is 5.34. The third-order valence-corrected chi connectivity index (χ3v) is 6.32. The van der Waals surface area contributed by atoms with Gasteiger partial charge in [0, 0.05) is 17.8 Å². The molecule has 0 saturated heterocycles.